The quantitative estimate of drug-likeness (QED) is 0.478. The molecule has 0 saturated heterocycles. The Labute approximate surface area is 118 Å². The lowest BCUT2D eigenvalue weighted by molar-refractivity contribution is -0.385. The van der Waals surface area contributed by atoms with Crippen molar-refractivity contribution in [2.75, 3.05) is 0 Å². The van der Waals surface area contributed by atoms with Gasteiger partial charge in [-0.1, -0.05) is 23.2 Å². The fraction of sp³-hybridized carbons (Fsp3) is 0.0833. The molecule has 0 radical (unpaired) electrons. The number of nitro groups is 1. The highest BCUT2D eigenvalue weighted by Crippen LogP contribution is 2.35. The second kappa shape index (κ2) is 5.42. The molecule has 0 aliphatic heterocycles. The van der Waals surface area contributed by atoms with E-state index in [1.54, 1.807) is 6.92 Å². The molecule has 1 heterocycles. The minimum atomic E-state index is -0.538. The van der Waals surface area contributed by atoms with Crippen molar-refractivity contribution < 1.29 is 9.66 Å². The maximum Gasteiger partial charge on any atom is 0.311 e. The maximum atomic E-state index is 10.9. The third-order valence-electron chi connectivity index (χ3n) is 2.36. The molecule has 98 valence electrons. The Kier molecular flexibility index (Phi) is 3.87. The van der Waals surface area contributed by atoms with Crippen molar-refractivity contribution in [1.82, 2.24) is 4.98 Å². The third-order valence-corrected chi connectivity index (χ3v) is 2.80. The summed E-state index contributed by atoms with van der Waals surface area (Å²) >= 11 is 11.6. The van der Waals surface area contributed by atoms with Gasteiger partial charge in [0.1, 0.15) is 10.9 Å². The zero-order chi connectivity index (χ0) is 14.0. The summed E-state index contributed by atoms with van der Waals surface area (Å²) in [6, 6.07) is 5.59. The van der Waals surface area contributed by atoms with E-state index in [1.165, 1.54) is 30.5 Å². The summed E-state index contributed by atoms with van der Waals surface area (Å²) in [6.45, 7) is 1.76. The largest absolute Gasteiger partial charge is 0.450 e. The number of hydrogen-bond donors (Lipinski definition) is 0. The van der Waals surface area contributed by atoms with E-state index in [1.807, 2.05) is 0 Å². The van der Waals surface area contributed by atoms with Crippen molar-refractivity contribution >= 4 is 28.9 Å². The van der Waals surface area contributed by atoms with Crippen LogP contribution < -0.4 is 4.74 Å². The van der Waals surface area contributed by atoms with Crippen LogP contribution in [0.4, 0.5) is 5.69 Å². The topological polar surface area (TPSA) is 65.3 Å². The van der Waals surface area contributed by atoms with Gasteiger partial charge >= 0.3 is 5.69 Å². The van der Waals surface area contributed by atoms with Crippen LogP contribution in [0.5, 0.6) is 11.5 Å². The van der Waals surface area contributed by atoms with E-state index in [9.17, 15) is 10.1 Å². The second-order valence-corrected chi connectivity index (χ2v) is 4.57. The van der Waals surface area contributed by atoms with Gasteiger partial charge in [0.25, 0.3) is 0 Å². The number of pyridine rings is 1. The van der Waals surface area contributed by atoms with E-state index in [2.05, 4.69) is 4.98 Å². The fourth-order valence-electron chi connectivity index (χ4n) is 1.43. The summed E-state index contributed by atoms with van der Waals surface area (Å²) < 4.78 is 5.51. The Bertz CT molecular complexity index is 647. The molecule has 2 rings (SSSR count). The molecular formula is C12H8Cl2N2O3. The van der Waals surface area contributed by atoms with Crippen LogP contribution in [0.3, 0.4) is 0 Å². The van der Waals surface area contributed by atoms with Crippen LogP contribution >= 0.6 is 23.2 Å². The zero-order valence-corrected chi connectivity index (χ0v) is 11.3. The van der Waals surface area contributed by atoms with Crippen LogP contribution in [0.1, 0.15) is 5.56 Å². The fourth-order valence-corrected chi connectivity index (χ4v) is 1.74. The molecule has 19 heavy (non-hydrogen) atoms. The Morgan fingerprint density at radius 3 is 2.68 bits per heavy atom. The van der Waals surface area contributed by atoms with Crippen molar-refractivity contribution in [1.29, 1.82) is 0 Å². The molecule has 0 unspecified atom stereocenters. The Balaban J connectivity index is 2.45. The first-order valence-electron chi connectivity index (χ1n) is 5.21. The monoisotopic (exact) mass is 298 g/mol. The highest BCUT2D eigenvalue weighted by atomic mass is 35.5. The summed E-state index contributed by atoms with van der Waals surface area (Å²) in [5, 5.41) is 11.5. The van der Waals surface area contributed by atoms with E-state index in [0.717, 1.165) is 0 Å². The van der Waals surface area contributed by atoms with Gasteiger partial charge in [-0.15, -0.1) is 0 Å². The van der Waals surface area contributed by atoms with Crippen LogP contribution in [0.25, 0.3) is 0 Å². The highest BCUT2D eigenvalue weighted by Gasteiger charge is 2.17. The number of nitro benzene ring substituents is 1. The van der Waals surface area contributed by atoms with Gasteiger partial charge in [0, 0.05) is 35.0 Å². The lowest BCUT2D eigenvalue weighted by Gasteiger charge is -2.09. The normalized spacial score (nSPS) is 10.3. The van der Waals surface area contributed by atoms with Crippen molar-refractivity contribution in [3.8, 4) is 11.5 Å². The van der Waals surface area contributed by atoms with Gasteiger partial charge in [-0.2, -0.15) is 0 Å². The number of nitrogens with zero attached hydrogens (tertiary/aromatic N) is 2. The van der Waals surface area contributed by atoms with Gasteiger partial charge in [0.2, 0.25) is 5.75 Å². The van der Waals surface area contributed by atoms with Crippen LogP contribution in [0, 0.1) is 17.0 Å². The van der Waals surface area contributed by atoms with E-state index in [-0.39, 0.29) is 16.6 Å². The van der Waals surface area contributed by atoms with Crippen molar-refractivity contribution in [2.45, 2.75) is 6.92 Å². The molecule has 7 heteroatoms. The van der Waals surface area contributed by atoms with Crippen LogP contribution in [0.2, 0.25) is 10.2 Å². The smallest absolute Gasteiger partial charge is 0.311 e. The molecule has 1 aromatic carbocycles. The molecule has 0 aliphatic rings. The molecular weight excluding hydrogens is 291 g/mol. The number of ether oxygens (including phenoxy) is 1. The van der Waals surface area contributed by atoms with Gasteiger partial charge in [-0.25, -0.2) is 4.98 Å². The van der Waals surface area contributed by atoms with E-state index in [4.69, 9.17) is 27.9 Å². The van der Waals surface area contributed by atoms with E-state index >= 15 is 0 Å². The van der Waals surface area contributed by atoms with Crippen molar-refractivity contribution in [3.63, 3.8) is 0 Å². The number of hydrogen-bond acceptors (Lipinski definition) is 4. The first kappa shape index (κ1) is 13.6. The van der Waals surface area contributed by atoms with Gasteiger partial charge < -0.3 is 4.74 Å². The number of halogens is 2. The maximum absolute atomic E-state index is 10.9. The molecule has 0 fully saturated rings. The summed E-state index contributed by atoms with van der Waals surface area (Å²) in [5.41, 5.74) is 0.537. The predicted molar refractivity (Wildman–Crippen MR) is 72.2 cm³/mol. The minimum Gasteiger partial charge on any atom is -0.450 e. The first-order valence-corrected chi connectivity index (χ1v) is 5.97. The Morgan fingerprint density at radius 2 is 2.00 bits per heavy atom. The number of rotatable bonds is 3. The minimum absolute atomic E-state index is 0.0582. The SMILES string of the molecule is Cc1cnc(Cl)cc1Oc1cc(Cl)ccc1[N+](=O)[O-]. The molecule has 0 atom stereocenters. The molecule has 1 aromatic heterocycles. The summed E-state index contributed by atoms with van der Waals surface area (Å²) in [5.74, 6) is 0.452. The number of benzene rings is 1. The molecule has 0 amide bonds. The Morgan fingerprint density at radius 1 is 1.26 bits per heavy atom. The Hall–Kier alpha value is -1.85. The number of aromatic nitrogens is 1. The van der Waals surface area contributed by atoms with Gasteiger partial charge in [0.15, 0.2) is 0 Å². The molecule has 0 spiro atoms. The third kappa shape index (κ3) is 3.13. The van der Waals surface area contributed by atoms with Crippen LogP contribution in [0.15, 0.2) is 30.5 Å². The van der Waals surface area contributed by atoms with Gasteiger partial charge in [0.05, 0.1) is 4.92 Å². The highest BCUT2D eigenvalue weighted by molar-refractivity contribution is 6.30. The first-order chi connectivity index (χ1) is 8.97. The lowest BCUT2D eigenvalue weighted by Crippen LogP contribution is -1.95. The average Bonchev–Trinajstić information content (AvgIpc) is 2.33. The summed E-state index contributed by atoms with van der Waals surface area (Å²) in [4.78, 5) is 14.3. The van der Waals surface area contributed by atoms with Gasteiger partial charge in [-0.3, -0.25) is 10.1 Å². The zero-order valence-electron chi connectivity index (χ0n) is 9.76. The standard InChI is InChI=1S/C12H8Cl2N2O3/c1-7-6-15-12(14)5-10(7)19-11-4-8(13)2-3-9(11)16(17)18/h2-6H,1H3. The average molecular weight is 299 g/mol. The molecule has 0 bridgehead atoms. The van der Waals surface area contributed by atoms with Crippen molar-refractivity contribution in [2.24, 2.45) is 0 Å². The molecule has 2 aromatic rings. The lowest BCUT2D eigenvalue weighted by atomic mass is 10.2. The second-order valence-electron chi connectivity index (χ2n) is 3.74. The number of aryl methyl sites for hydroxylation is 1. The van der Waals surface area contributed by atoms with E-state index in [0.29, 0.717) is 16.3 Å². The van der Waals surface area contributed by atoms with E-state index < -0.39 is 4.92 Å². The van der Waals surface area contributed by atoms with Crippen LogP contribution in [-0.2, 0) is 0 Å². The van der Waals surface area contributed by atoms with Crippen molar-refractivity contribution in [3.05, 3.63) is 56.3 Å². The molecule has 0 aliphatic carbocycles. The van der Waals surface area contributed by atoms with Crippen LogP contribution in [-0.4, -0.2) is 9.91 Å². The molecule has 5 nitrogen and oxygen atoms in total. The molecule has 0 saturated carbocycles. The van der Waals surface area contributed by atoms with Gasteiger partial charge in [-0.05, 0) is 13.0 Å². The summed E-state index contributed by atoms with van der Waals surface area (Å²) in [6.07, 6.45) is 1.52. The summed E-state index contributed by atoms with van der Waals surface area (Å²) in [7, 11) is 0. The predicted octanol–water partition coefficient (Wildman–Crippen LogP) is 4.40. The molecule has 0 N–H and O–H groups in total.